The summed E-state index contributed by atoms with van der Waals surface area (Å²) in [6.45, 7) is 6.34. The van der Waals surface area contributed by atoms with E-state index in [-0.39, 0.29) is 18.4 Å². The van der Waals surface area contributed by atoms with Crippen LogP contribution in [-0.4, -0.2) is 61.9 Å². The molecule has 0 heterocycles. The lowest BCUT2D eigenvalue weighted by molar-refractivity contribution is -0.136. The summed E-state index contributed by atoms with van der Waals surface area (Å²) in [6, 6.07) is 0. The lowest BCUT2D eigenvalue weighted by atomic mass is 10.3. The van der Waals surface area contributed by atoms with E-state index >= 15 is 0 Å². The highest BCUT2D eigenvalue weighted by molar-refractivity contribution is 5.84. The van der Waals surface area contributed by atoms with Gasteiger partial charge in [0.2, 0.25) is 11.8 Å². The highest BCUT2D eigenvalue weighted by Crippen LogP contribution is 1.98. The van der Waals surface area contributed by atoms with Gasteiger partial charge in [0, 0.05) is 26.1 Å². The van der Waals surface area contributed by atoms with Crippen molar-refractivity contribution < 1.29 is 9.59 Å². The van der Waals surface area contributed by atoms with Gasteiger partial charge < -0.3 is 15.1 Å². The standard InChI is InChI=1S/C14H29N3O2/c1-5-7-9-15-13(18)12-17(10-6-2)14(19)8-11-16(3)4/h5-12H2,1-4H3,(H,15,18). The van der Waals surface area contributed by atoms with Gasteiger partial charge in [0.15, 0.2) is 0 Å². The Morgan fingerprint density at radius 2 is 1.74 bits per heavy atom. The molecule has 112 valence electrons. The molecule has 0 aromatic rings. The summed E-state index contributed by atoms with van der Waals surface area (Å²) in [6.07, 6.45) is 3.37. The zero-order valence-electron chi connectivity index (χ0n) is 12.9. The van der Waals surface area contributed by atoms with Gasteiger partial charge >= 0.3 is 0 Å². The highest BCUT2D eigenvalue weighted by Gasteiger charge is 2.15. The molecule has 5 heteroatoms. The quantitative estimate of drug-likeness (QED) is 0.605. The second-order valence-corrected chi connectivity index (χ2v) is 5.07. The van der Waals surface area contributed by atoms with Crippen molar-refractivity contribution in [1.82, 2.24) is 15.1 Å². The first-order valence-electron chi connectivity index (χ1n) is 7.20. The topological polar surface area (TPSA) is 52.7 Å². The molecule has 0 aliphatic carbocycles. The van der Waals surface area contributed by atoms with Crippen LogP contribution in [0.5, 0.6) is 0 Å². The Morgan fingerprint density at radius 1 is 1.05 bits per heavy atom. The smallest absolute Gasteiger partial charge is 0.239 e. The van der Waals surface area contributed by atoms with Gasteiger partial charge in [-0.1, -0.05) is 20.3 Å². The van der Waals surface area contributed by atoms with Crippen molar-refractivity contribution in [3.63, 3.8) is 0 Å². The number of hydrogen-bond acceptors (Lipinski definition) is 3. The van der Waals surface area contributed by atoms with E-state index in [0.717, 1.165) is 25.8 Å². The predicted molar refractivity (Wildman–Crippen MR) is 78.0 cm³/mol. The predicted octanol–water partition coefficient (Wildman–Crippen LogP) is 1.09. The molecule has 0 aliphatic heterocycles. The molecule has 0 radical (unpaired) electrons. The van der Waals surface area contributed by atoms with E-state index in [1.165, 1.54) is 0 Å². The van der Waals surface area contributed by atoms with Gasteiger partial charge in [0.05, 0.1) is 6.54 Å². The molecule has 0 saturated heterocycles. The van der Waals surface area contributed by atoms with E-state index < -0.39 is 0 Å². The molecular weight excluding hydrogens is 242 g/mol. The van der Waals surface area contributed by atoms with Gasteiger partial charge in [-0.05, 0) is 26.9 Å². The molecule has 0 bridgehead atoms. The largest absolute Gasteiger partial charge is 0.355 e. The van der Waals surface area contributed by atoms with Crippen LogP contribution >= 0.6 is 0 Å². The van der Waals surface area contributed by atoms with Crippen LogP contribution in [0.15, 0.2) is 0 Å². The molecule has 0 spiro atoms. The molecule has 0 aromatic carbocycles. The summed E-state index contributed by atoms with van der Waals surface area (Å²) in [5.41, 5.74) is 0. The normalized spacial score (nSPS) is 10.6. The SMILES string of the molecule is CCCCNC(=O)CN(CCC)C(=O)CCN(C)C. The Hall–Kier alpha value is -1.10. The summed E-state index contributed by atoms with van der Waals surface area (Å²) in [7, 11) is 3.88. The molecule has 0 aromatic heterocycles. The van der Waals surface area contributed by atoms with Crippen LogP contribution in [0.4, 0.5) is 0 Å². The van der Waals surface area contributed by atoms with Crippen LogP contribution in [0.2, 0.25) is 0 Å². The van der Waals surface area contributed by atoms with Crippen molar-refractivity contribution in [2.45, 2.75) is 39.5 Å². The summed E-state index contributed by atoms with van der Waals surface area (Å²) in [5, 5.41) is 2.85. The third-order valence-electron chi connectivity index (χ3n) is 2.81. The van der Waals surface area contributed by atoms with Gasteiger partial charge in [-0.3, -0.25) is 9.59 Å². The number of unbranched alkanes of at least 4 members (excludes halogenated alkanes) is 1. The average Bonchev–Trinajstić information content (AvgIpc) is 2.35. The van der Waals surface area contributed by atoms with Crippen LogP contribution in [0, 0.1) is 0 Å². The Bertz CT molecular complexity index is 267. The van der Waals surface area contributed by atoms with Crippen molar-refractivity contribution in [2.75, 3.05) is 40.3 Å². The Kier molecular flexibility index (Phi) is 10.2. The zero-order valence-corrected chi connectivity index (χ0v) is 12.9. The van der Waals surface area contributed by atoms with E-state index in [9.17, 15) is 9.59 Å². The number of nitrogens with one attached hydrogen (secondary N) is 1. The van der Waals surface area contributed by atoms with E-state index in [0.29, 0.717) is 19.5 Å². The van der Waals surface area contributed by atoms with Gasteiger partial charge in [-0.2, -0.15) is 0 Å². The van der Waals surface area contributed by atoms with E-state index in [1.807, 2.05) is 25.9 Å². The fraction of sp³-hybridized carbons (Fsp3) is 0.857. The maximum Gasteiger partial charge on any atom is 0.239 e. The Labute approximate surface area is 117 Å². The van der Waals surface area contributed by atoms with Crippen molar-refractivity contribution >= 4 is 11.8 Å². The van der Waals surface area contributed by atoms with Crippen molar-refractivity contribution in [3.8, 4) is 0 Å². The van der Waals surface area contributed by atoms with E-state index in [1.54, 1.807) is 4.90 Å². The molecule has 0 aliphatic rings. The van der Waals surface area contributed by atoms with Crippen LogP contribution < -0.4 is 5.32 Å². The summed E-state index contributed by atoms with van der Waals surface area (Å²) in [5.74, 6) is 0.00120. The van der Waals surface area contributed by atoms with Crippen molar-refractivity contribution in [2.24, 2.45) is 0 Å². The molecule has 0 saturated carbocycles. The number of nitrogens with zero attached hydrogens (tertiary/aromatic N) is 2. The molecule has 0 rings (SSSR count). The lowest BCUT2D eigenvalue weighted by Gasteiger charge is -2.22. The third-order valence-corrected chi connectivity index (χ3v) is 2.81. The van der Waals surface area contributed by atoms with Crippen molar-refractivity contribution in [3.05, 3.63) is 0 Å². The van der Waals surface area contributed by atoms with Crippen LogP contribution in [-0.2, 0) is 9.59 Å². The molecule has 1 N–H and O–H groups in total. The number of rotatable bonds is 10. The van der Waals surface area contributed by atoms with E-state index in [2.05, 4.69) is 12.2 Å². The maximum absolute atomic E-state index is 12.0. The second-order valence-electron chi connectivity index (χ2n) is 5.07. The minimum Gasteiger partial charge on any atom is -0.355 e. The first-order valence-corrected chi connectivity index (χ1v) is 7.20. The summed E-state index contributed by atoms with van der Waals surface area (Å²) < 4.78 is 0. The molecule has 0 unspecified atom stereocenters. The fourth-order valence-corrected chi connectivity index (χ4v) is 1.67. The first kappa shape index (κ1) is 17.9. The third kappa shape index (κ3) is 9.47. The van der Waals surface area contributed by atoms with Gasteiger partial charge in [-0.15, -0.1) is 0 Å². The molecule has 5 nitrogen and oxygen atoms in total. The maximum atomic E-state index is 12.0. The Morgan fingerprint density at radius 3 is 2.26 bits per heavy atom. The Balaban J connectivity index is 4.15. The van der Waals surface area contributed by atoms with Gasteiger partial charge in [0.1, 0.15) is 0 Å². The zero-order chi connectivity index (χ0) is 14.7. The van der Waals surface area contributed by atoms with Crippen LogP contribution in [0.25, 0.3) is 0 Å². The monoisotopic (exact) mass is 271 g/mol. The molecule has 2 amide bonds. The summed E-state index contributed by atoms with van der Waals surface area (Å²) >= 11 is 0. The number of amides is 2. The average molecular weight is 271 g/mol. The number of carbonyl (C=O) groups excluding carboxylic acids is 2. The first-order chi connectivity index (χ1) is 9.01. The van der Waals surface area contributed by atoms with Crippen molar-refractivity contribution in [1.29, 1.82) is 0 Å². The van der Waals surface area contributed by atoms with Crippen LogP contribution in [0.1, 0.15) is 39.5 Å². The fourth-order valence-electron chi connectivity index (χ4n) is 1.67. The van der Waals surface area contributed by atoms with Gasteiger partial charge in [-0.25, -0.2) is 0 Å². The molecule has 0 atom stereocenters. The number of carbonyl (C=O) groups is 2. The minimum absolute atomic E-state index is 0.0555. The summed E-state index contributed by atoms with van der Waals surface area (Å²) in [4.78, 5) is 27.4. The van der Waals surface area contributed by atoms with Gasteiger partial charge in [0.25, 0.3) is 0 Å². The lowest BCUT2D eigenvalue weighted by Crippen LogP contribution is -2.42. The number of hydrogen-bond donors (Lipinski definition) is 1. The highest BCUT2D eigenvalue weighted by atomic mass is 16.2. The second kappa shape index (κ2) is 10.8. The van der Waals surface area contributed by atoms with E-state index in [4.69, 9.17) is 0 Å². The molecule has 19 heavy (non-hydrogen) atoms. The van der Waals surface area contributed by atoms with Crippen LogP contribution in [0.3, 0.4) is 0 Å². The minimum atomic E-state index is -0.0555. The molecular formula is C14H29N3O2. The molecule has 0 fully saturated rings.